The van der Waals surface area contributed by atoms with Gasteiger partial charge in [-0.1, -0.05) is 6.07 Å². The van der Waals surface area contributed by atoms with Crippen molar-refractivity contribution in [2.75, 3.05) is 18.5 Å². The van der Waals surface area contributed by atoms with E-state index in [1.807, 2.05) is 5.51 Å². The first-order valence-electron chi connectivity index (χ1n) is 5.77. The Morgan fingerprint density at radius 2 is 2.28 bits per heavy atom. The Bertz CT molecular complexity index is 499. The van der Waals surface area contributed by atoms with E-state index in [0.717, 1.165) is 23.1 Å². The SMILES string of the molecule is CN(Cc1cscn1)c1ccc(CCN)cc1Br. The molecule has 5 heteroatoms. The average molecular weight is 326 g/mol. The first kappa shape index (κ1) is 13.5. The number of anilines is 1. The zero-order valence-electron chi connectivity index (χ0n) is 10.3. The highest BCUT2D eigenvalue weighted by Crippen LogP contribution is 2.27. The molecule has 0 amide bonds. The lowest BCUT2D eigenvalue weighted by molar-refractivity contribution is 0.890. The summed E-state index contributed by atoms with van der Waals surface area (Å²) in [5, 5.41) is 2.08. The first-order valence-corrected chi connectivity index (χ1v) is 7.51. The van der Waals surface area contributed by atoms with Crippen LogP contribution in [0.15, 0.2) is 33.6 Å². The topological polar surface area (TPSA) is 42.2 Å². The smallest absolute Gasteiger partial charge is 0.0795 e. The lowest BCUT2D eigenvalue weighted by atomic mass is 10.1. The van der Waals surface area contributed by atoms with E-state index in [1.165, 1.54) is 11.3 Å². The van der Waals surface area contributed by atoms with Gasteiger partial charge in [0.1, 0.15) is 0 Å². The Morgan fingerprint density at radius 3 is 2.89 bits per heavy atom. The molecule has 96 valence electrons. The maximum Gasteiger partial charge on any atom is 0.0795 e. The third kappa shape index (κ3) is 3.31. The van der Waals surface area contributed by atoms with E-state index >= 15 is 0 Å². The molecule has 0 atom stereocenters. The minimum Gasteiger partial charge on any atom is -0.368 e. The normalized spacial score (nSPS) is 10.6. The lowest BCUT2D eigenvalue weighted by Crippen LogP contribution is -2.17. The molecule has 0 unspecified atom stereocenters. The molecule has 0 aliphatic rings. The van der Waals surface area contributed by atoms with Gasteiger partial charge < -0.3 is 10.6 Å². The molecule has 0 saturated carbocycles. The highest BCUT2D eigenvalue weighted by Gasteiger charge is 2.08. The molecule has 0 fully saturated rings. The van der Waals surface area contributed by atoms with E-state index in [9.17, 15) is 0 Å². The highest BCUT2D eigenvalue weighted by atomic mass is 79.9. The van der Waals surface area contributed by atoms with Crippen LogP contribution in [0.4, 0.5) is 5.69 Å². The summed E-state index contributed by atoms with van der Waals surface area (Å²) in [6.45, 7) is 1.50. The fourth-order valence-electron chi connectivity index (χ4n) is 1.83. The van der Waals surface area contributed by atoms with Gasteiger partial charge in [-0.05, 0) is 46.6 Å². The number of nitrogens with two attached hydrogens (primary N) is 1. The molecule has 0 radical (unpaired) electrons. The Balaban J connectivity index is 2.12. The Kier molecular flexibility index (Phi) is 4.74. The number of nitrogens with zero attached hydrogens (tertiary/aromatic N) is 2. The van der Waals surface area contributed by atoms with Crippen molar-refractivity contribution in [3.05, 3.63) is 44.8 Å². The summed E-state index contributed by atoms with van der Waals surface area (Å²) in [7, 11) is 2.07. The second-order valence-corrected chi connectivity index (χ2v) is 5.73. The second kappa shape index (κ2) is 6.31. The van der Waals surface area contributed by atoms with E-state index in [0.29, 0.717) is 6.54 Å². The minimum atomic E-state index is 0.681. The van der Waals surface area contributed by atoms with Gasteiger partial charge in [0, 0.05) is 16.9 Å². The molecule has 0 spiro atoms. The maximum absolute atomic E-state index is 5.57. The van der Waals surface area contributed by atoms with Crippen LogP contribution in [-0.4, -0.2) is 18.6 Å². The van der Waals surface area contributed by atoms with Crippen LogP contribution in [0.25, 0.3) is 0 Å². The van der Waals surface area contributed by atoms with Crippen molar-refractivity contribution in [1.29, 1.82) is 0 Å². The summed E-state index contributed by atoms with van der Waals surface area (Å²) in [5.74, 6) is 0. The fourth-order valence-corrected chi connectivity index (χ4v) is 3.10. The van der Waals surface area contributed by atoms with E-state index in [-0.39, 0.29) is 0 Å². The molecular weight excluding hydrogens is 310 g/mol. The second-order valence-electron chi connectivity index (χ2n) is 4.16. The van der Waals surface area contributed by atoms with E-state index in [4.69, 9.17) is 5.73 Å². The van der Waals surface area contributed by atoms with Crippen LogP contribution in [0, 0.1) is 0 Å². The van der Waals surface area contributed by atoms with Gasteiger partial charge in [0.15, 0.2) is 0 Å². The summed E-state index contributed by atoms with van der Waals surface area (Å²) in [5.41, 5.74) is 11.0. The highest BCUT2D eigenvalue weighted by molar-refractivity contribution is 9.10. The predicted octanol–water partition coefficient (Wildman–Crippen LogP) is 3.04. The molecule has 2 rings (SSSR count). The van der Waals surface area contributed by atoms with Gasteiger partial charge in [-0.25, -0.2) is 4.98 Å². The third-order valence-corrected chi connectivity index (χ3v) is 4.01. The Labute approximate surface area is 120 Å². The van der Waals surface area contributed by atoms with Crippen molar-refractivity contribution in [2.24, 2.45) is 5.73 Å². The number of benzene rings is 1. The van der Waals surface area contributed by atoms with Gasteiger partial charge in [0.25, 0.3) is 0 Å². The predicted molar refractivity (Wildman–Crippen MR) is 81.1 cm³/mol. The van der Waals surface area contributed by atoms with Crippen LogP contribution >= 0.6 is 27.3 Å². The van der Waals surface area contributed by atoms with Gasteiger partial charge in [-0.3, -0.25) is 0 Å². The number of hydrogen-bond donors (Lipinski definition) is 1. The van der Waals surface area contributed by atoms with Gasteiger partial charge >= 0.3 is 0 Å². The summed E-state index contributed by atoms with van der Waals surface area (Å²) in [4.78, 5) is 6.49. The molecule has 1 aromatic heterocycles. The van der Waals surface area contributed by atoms with Crippen molar-refractivity contribution in [2.45, 2.75) is 13.0 Å². The summed E-state index contributed by atoms with van der Waals surface area (Å²) >= 11 is 5.25. The van der Waals surface area contributed by atoms with Gasteiger partial charge in [-0.2, -0.15) is 0 Å². The number of halogens is 1. The van der Waals surface area contributed by atoms with Crippen LogP contribution < -0.4 is 10.6 Å². The molecule has 1 heterocycles. The maximum atomic E-state index is 5.57. The molecule has 1 aromatic carbocycles. The summed E-state index contributed by atoms with van der Waals surface area (Å²) < 4.78 is 1.10. The zero-order chi connectivity index (χ0) is 13.0. The third-order valence-electron chi connectivity index (χ3n) is 2.74. The molecule has 0 aliphatic heterocycles. The largest absolute Gasteiger partial charge is 0.368 e. The van der Waals surface area contributed by atoms with Crippen LogP contribution in [0.2, 0.25) is 0 Å². The van der Waals surface area contributed by atoms with Crippen molar-refractivity contribution in [3.63, 3.8) is 0 Å². The lowest BCUT2D eigenvalue weighted by Gasteiger charge is -2.20. The number of aromatic nitrogens is 1. The monoisotopic (exact) mass is 325 g/mol. The van der Waals surface area contributed by atoms with Gasteiger partial charge in [0.05, 0.1) is 23.4 Å². The molecule has 2 N–H and O–H groups in total. The minimum absolute atomic E-state index is 0.681. The molecular formula is C13H16BrN3S. The molecule has 0 saturated heterocycles. The van der Waals surface area contributed by atoms with Crippen molar-refractivity contribution < 1.29 is 0 Å². The standard InChI is InChI=1S/C13H16BrN3S/c1-17(7-11-8-18-9-16-11)13-3-2-10(4-5-15)6-12(13)14/h2-3,6,8-9H,4-5,7,15H2,1H3. The summed E-state index contributed by atoms with van der Waals surface area (Å²) in [6.07, 6.45) is 0.911. The molecule has 18 heavy (non-hydrogen) atoms. The van der Waals surface area contributed by atoms with Crippen LogP contribution in [-0.2, 0) is 13.0 Å². The molecule has 3 nitrogen and oxygen atoms in total. The zero-order valence-corrected chi connectivity index (χ0v) is 12.7. The van der Waals surface area contributed by atoms with Gasteiger partial charge in [0.2, 0.25) is 0 Å². The quantitative estimate of drug-likeness (QED) is 0.918. The van der Waals surface area contributed by atoms with Crippen molar-refractivity contribution in [3.8, 4) is 0 Å². The van der Waals surface area contributed by atoms with Crippen molar-refractivity contribution >= 4 is 33.0 Å². The van der Waals surface area contributed by atoms with Crippen molar-refractivity contribution in [1.82, 2.24) is 4.98 Å². The van der Waals surface area contributed by atoms with Crippen LogP contribution in [0.1, 0.15) is 11.3 Å². The number of rotatable bonds is 5. The Morgan fingerprint density at radius 1 is 1.44 bits per heavy atom. The average Bonchev–Trinajstić information content (AvgIpc) is 2.82. The molecule has 2 aromatic rings. The molecule has 0 bridgehead atoms. The van der Waals surface area contributed by atoms with E-state index in [2.05, 4.69) is 56.4 Å². The number of hydrogen-bond acceptors (Lipinski definition) is 4. The summed E-state index contributed by atoms with van der Waals surface area (Å²) in [6, 6.07) is 6.39. The first-order chi connectivity index (χ1) is 8.70. The van der Waals surface area contributed by atoms with Gasteiger partial charge in [-0.15, -0.1) is 11.3 Å². The fraction of sp³-hybridized carbons (Fsp3) is 0.308. The Hall–Kier alpha value is -0.910. The van der Waals surface area contributed by atoms with E-state index in [1.54, 1.807) is 11.3 Å². The molecule has 0 aliphatic carbocycles. The van der Waals surface area contributed by atoms with E-state index < -0.39 is 0 Å². The van der Waals surface area contributed by atoms with Crippen LogP contribution in [0.5, 0.6) is 0 Å². The van der Waals surface area contributed by atoms with Crippen LogP contribution in [0.3, 0.4) is 0 Å². The number of thiazole rings is 1.